The molecule has 2 aliphatic heterocycles. The highest BCUT2D eigenvalue weighted by Gasteiger charge is 2.26. The second-order valence-electron chi connectivity index (χ2n) is 10.2. The van der Waals surface area contributed by atoms with Gasteiger partial charge in [-0.15, -0.1) is 0 Å². The van der Waals surface area contributed by atoms with Gasteiger partial charge >= 0.3 is 0 Å². The Hall–Kier alpha value is -3.37. The number of fused-ring (bicyclic) bond motifs is 2. The molecule has 0 aliphatic carbocycles. The van der Waals surface area contributed by atoms with E-state index in [0.29, 0.717) is 36.6 Å². The van der Waals surface area contributed by atoms with Crippen molar-refractivity contribution < 1.29 is 13.5 Å². The summed E-state index contributed by atoms with van der Waals surface area (Å²) in [6, 6.07) is 9.41. The number of nitrogens with zero attached hydrogens (tertiary/aromatic N) is 6. The van der Waals surface area contributed by atoms with Crippen LogP contribution in [0.1, 0.15) is 25.4 Å². The monoisotopic (exact) mass is 536 g/mol. The highest BCUT2D eigenvalue weighted by atomic mass is 32.1. The van der Waals surface area contributed by atoms with E-state index in [0.717, 1.165) is 48.3 Å². The number of pyridine rings is 1. The minimum atomic E-state index is -0.598. The van der Waals surface area contributed by atoms with E-state index in [9.17, 15) is 4.39 Å². The predicted molar refractivity (Wildman–Crippen MR) is 147 cm³/mol. The number of hydrogen-bond acceptors (Lipinski definition) is 8. The molecule has 6 rings (SSSR count). The lowest BCUT2D eigenvalue weighted by Crippen LogP contribution is -2.44. The van der Waals surface area contributed by atoms with E-state index in [4.69, 9.17) is 9.72 Å². The highest BCUT2D eigenvalue weighted by Crippen LogP contribution is 2.39. The second kappa shape index (κ2) is 10.1. The molecule has 0 amide bonds. The van der Waals surface area contributed by atoms with E-state index in [1.54, 1.807) is 17.4 Å². The maximum Gasteiger partial charge on any atom is 0.178 e. The number of rotatable bonds is 5. The molecular formula is C28H30F2N6OS. The van der Waals surface area contributed by atoms with Crippen molar-refractivity contribution in [2.45, 2.75) is 26.3 Å². The first kappa shape index (κ1) is 24.9. The van der Waals surface area contributed by atoms with Crippen molar-refractivity contribution in [1.82, 2.24) is 19.9 Å². The van der Waals surface area contributed by atoms with Crippen molar-refractivity contribution in [1.29, 1.82) is 0 Å². The topological polar surface area (TPSA) is 57.6 Å². The molecule has 1 aromatic carbocycles. The number of likely N-dealkylation sites (N-methyl/N-ethyl adjacent to an activating group) is 1. The molecule has 198 valence electrons. The Balaban J connectivity index is 1.28. The molecule has 38 heavy (non-hydrogen) atoms. The third-order valence-electron chi connectivity index (χ3n) is 7.18. The summed E-state index contributed by atoms with van der Waals surface area (Å²) in [4.78, 5) is 21.3. The van der Waals surface area contributed by atoms with Gasteiger partial charge in [-0.2, -0.15) is 0 Å². The van der Waals surface area contributed by atoms with Crippen LogP contribution in [0.25, 0.3) is 21.5 Å². The van der Waals surface area contributed by atoms with Gasteiger partial charge in [-0.05, 0) is 45.2 Å². The number of piperazine rings is 1. The number of aromatic nitrogens is 3. The summed E-state index contributed by atoms with van der Waals surface area (Å²) in [7, 11) is 2.15. The molecule has 0 saturated carbocycles. The number of anilines is 2. The minimum Gasteiger partial charge on any atom is -0.486 e. The van der Waals surface area contributed by atoms with Crippen LogP contribution in [0, 0.1) is 11.6 Å². The Morgan fingerprint density at radius 1 is 1.00 bits per heavy atom. The summed E-state index contributed by atoms with van der Waals surface area (Å²) in [5, 5.41) is 2.33. The van der Waals surface area contributed by atoms with Crippen LogP contribution in [0.3, 0.4) is 0 Å². The molecule has 1 saturated heterocycles. The molecule has 4 aromatic rings. The van der Waals surface area contributed by atoms with Gasteiger partial charge in [0.25, 0.3) is 0 Å². The average Bonchev–Trinajstić information content (AvgIpc) is 3.33. The van der Waals surface area contributed by atoms with Crippen LogP contribution in [0.5, 0.6) is 5.75 Å². The zero-order valence-corrected chi connectivity index (χ0v) is 22.6. The second-order valence-corrected chi connectivity index (χ2v) is 11.2. The minimum absolute atomic E-state index is 0.0699. The fourth-order valence-electron chi connectivity index (χ4n) is 5.05. The predicted octanol–water partition coefficient (Wildman–Crippen LogP) is 4.98. The summed E-state index contributed by atoms with van der Waals surface area (Å²) < 4.78 is 35.5. The van der Waals surface area contributed by atoms with Crippen LogP contribution >= 0.6 is 11.3 Å². The van der Waals surface area contributed by atoms with Crippen molar-refractivity contribution in [2.24, 2.45) is 0 Å². The third-order valence-corrected chi connectivity index (χ3v) is 8.29. The van der Waals surface area contributed by atoms with Crippen molar-refractivity contribution in [3.63, 3.8) is 0 Å². The number of halogens is 2. The first-order chi connectivity index (χ1) is 18.4. The van der Waals surface area contributed by atoms with Gasteiger partial charge in [0.05, 0.1) is 29.9 Å². The van der Waals surface area contributed by atoms with Crippen LogP contribution in [0.2, 0.25) is 0 Å². The van der Waals surface area contributed by atoms with Crippen molar-refractivity contribution in [3.05, 3.63) is 59.7 Å². The van der Waals surface area contributed by atoms with Gasteiger partial charge in [0.15, 0.2) is 17.4 Å². The van der Waals surface area contributed by atoms with Gasteiger partial charge in [0.2, 0.25) is 0 Å². The summed E-state index contributed by atoms with van der Waals surface area (Å²) in [6.07, 6.45) is 1.50. The molecule has 0 N–H and O–H groups in total. The Morgan fingerprint density at radius 3 is 2.61 bits per heavy atom. The quantitative estimate of drug-likeness (QED) is 0.357. The van der Waals surface area contributed by atoms with E-state index < -0.39 is 11.6 Å². The smallest absolute Gasteiger partial charge is 0.178 e. The van der Waals surface area contributed by atoms with Crippen molar-refractivity contribution >= 4 is 32.2 Å². The molecule has 3 aromatic heterocycles. The Bertz CT molecular complexity index is 1480. The lowest BCUT2D eigenvalue weighted by atomic mass is 10.1. The first-order valence-corrected chi connectivity index (χ1v) is 13.7. The molecule has 5 heterocycles. The summed E-state index contributed by atoms with van der Waals surface area (Å²) in [5.41, 5.74) is 1.84. The molecule has 10 heteroatoms. The lowest BCUT2D eigenvalue weighted by Gasteiger charge is -2.34. The molecule has 0 unspecified atom stereocenters. The molecule has 2 aliphatic rings. The maximum atomic E-state index is 15.0. The Labute approximate surface area is 224 Å². The molecule has 0 spiro atoms. The SMILES string of the molecule is CC(C)N1CCOc2c(F)cc(-c3nc(Cc4ccc5cc(N6CCN(C)CC6)sc5n4)ncc3F)cc21. The van der Waals surface area contributed by atoms with Crippen molar-refractivity contribution in [2.75, 3.05) is 56.2 Å². The first-order valence-electron chi connectivity index (χ1n) is 12.9. The van der Waals surface area contributed by atoms with Crippen LogP contribution in [-0.2, 0) is 6.42 Å². The highest BCUT2D eigenvalue weighted by molar-refractivity contribution is 7.22. The fraction of sp³-hybridized carbons (Fsp3) is 0.393. The summed E-state index contributed by atoms with van der Waals surface area (Å²) in [5.74, 6) is -0.491. The zero-order valence-electron chi connectivity index (χ0n) is 21.7. The summed E-state index contributed by atoms with van der Waals surface area (Å²) >= 11 is 1.69. The van der Waals surface area contributed by atoms with Crippen LogP contribution in [0.15, 0.2) is 36.5 Å². The lowest BCUT2D eigenvalue weighted by molar-refractivity contribution is 0.287. The zero-order chi connectivity index (χ0) is 26.4. The fourth-order valence-corrected chi connectivity index (χ4v) is 6.16. The van der Waals surface area contributed by atoms with E-state index in [2.05, 4.69) is 43.8 Å². The largest absolute Gasteiger partial charge is 0.486 e. The van der Waals surface area contributed by atoms with E-state index >= 15 is 4.39 Å². The van der Waals surface area contributed by atoms with Gasteiger partial charge in [-0.25, -0.2) is 23.7 Å². The molecule has 0 atom stereocenters. The number of thiophene rings is 1. The Kier molecular flexibility index (Phi) is 6.61. The molecule has 0 bridgehead atoms. The van der Waals surface area contributed by atoms with E-state index in [-0.39, 0.29) is 17.5 Å². The van der Waals surface area contributed by atoms with Crippen LogP contribution in [-0.4, -0.2) is 72.3 Å². The van der Waals surface area contributed by atoms with Gasteiger partial charge in [-0.1, -0.05) is 17.4 Å². The molecule has 7 nitrogen and oxygen atoms in total. The summed E-state index contributed by atoms with van der Waals surface area (Å²) in [6.45, 7) is 9.23. The molecular weight excluding hydrogens is 506 g/mol. The van der Waals surface area contributed by atoms with E-state index in [1.807, 2.05) is 19.9 Å². The van der Waals surface area contributed by atoms with E-state index in [1.165, 1.54) is 11.1 Å². The van der Waals surface area contributed by atoms with Gasteiger partial charge in [0, 0.05) is 48.9 Å². The Morgan fingerprint density at radius 2 is 1.82 bits per heavy atom. The standard InChI is InChI=1S/C28H30F2N6OS/c1-17(2)36-10-11-37-27-21(29)12-19(13-23(27)36)26-22(30)16-31-24(33-26)15-20-5-4-18-14-25(38-28(18)32-20)35-8-6-34(3)7-9-35/h4-5,12-14,16-17H,6-11,15H2,1-3H3. The van der Waals surface area contributed by atoms with Gasteiger partial charge in [-0.3, -0.25) is 0 Å². The maximum absolute atomic E-state index is 15.0. The average molecular weight is 537 g/mol. The number of hydrogen-bond donors (Lipinski definition) is 0. The third kappa shape index (κ3) is 4.78. The van der Waals surface area contributed by atoms with Crippen LogP contribution in [0.4, 0.5) is 19.5 Å². The number of benzene rings is 1. The van der Waals surface area contributed by atoms with Crippen molar-refractivity contribution in [3.8, 4) is 17.0 Å². The number of ether oxygens (including phenoxy) is 1. The van der Waals surface area contributed by atoms with Crippen LogP contribution < -0.4 is 14.5 Å². The van der Waals surface area contributed by atoms with Gasteiger partial charge < -0.3 is 19.4 Å². The molecule has 1 fully saturated rings. The normalized spacial score (nSPS) is 16.3. The molecule has 0 radical (unpaired) electrons. The van der Waals surface area contributed by atoms with Gasteiger partial charge in [0.1, 0.15) is 23.0 Å².